The van der Waals surface area contributed by atoms with Crippen molar-refractivity contribution in [2.75, 3.05) is 16.8 Å². The summed E-state index contributed by atoms with van der Waals surface area (Å²) >= 11 is 0. The van der Waals surface area contributed by atoms with Crippen LogP contribution in [0.5, 0.6) is 0 Å². The van der Waals surface area contributed by atoms with Crippen LogP contribution in [0.25, 0.3) is 10.9 Å². The smallest absolute Gasteiger partial charge is 0.413 e. The summed E-state index contributed by atoms with van der Waals surface area (Å²) in [7, 11) is 0. The predicted octanol–water partition coefficient (Wildman–Crippen LogP) is 4.37. The van der Waals surface area contributed by atoms with E-state index >= 15 is 0 Å². The first-order valence-electron chi connectivity index (χ1n) is 9.61. The molecule has 3 amide bonds. The van der Waals surface area contributed by atoms with E-state index in [4.69, 9.17) is 0 Å². The third-order valence-electron chi connectivity index (χ3n) is 4.43. The minimum absolute atomic E-state index is 0.171. The number of fused-ring (bicyclic) bond motifs is 1. The minimum atomic E-state index is -1.09. The average molecular weight is 410 g/mol. The van der Waals surface area contributed by atoms with Crippen LogP contribution >= 0.6 is 0 Å². The zero-order chi connectivity index (χ0) is 21.9. The number of nitrogens with zero attached hydrogens (tertiary/aromatic N) is 3. The number of carbonyl (C=O) groups is 2. The quantitative estimate of drug-likeness (QED) is 0.497. The summed E-state index contributed by atoms with van der Waals surface area (Å²) in [6, 6.07) is 10.7. The van der Waals surface area contributed by atoms with E-state index in [1.165, 1.54) is 11.1 Å². The maximum absolute atomic E-state index is 12.3. The molecule has 0 radical (unpaired) electrons. The summed E-state index contributed by atoms with van der Waals surface area (Å²) in [5.41, 5.74) is 1.32. The molecule has 0 aliphatic carbocycles. The molecule has 1 atom stereocenters. The van der Waals surface area contributed by atoms with Crippen molar-refractivity contribution in [3.05, 3.63) is 48.2 Å². The fourth-order valence-electron chi connectivity index (χ4n) is 3.06. The Morgan fingerprint density at radius 1 is 1.23 bits per heavy atom. The van der Waals surface area contributed by atoms with Crippen molar-refractivity contribution >= 4 is 34.7 Å². The van der Waals surface area contributed by atoms with E-state index in [2.05, 4.69) is 25.8 Å². The molecule has 9 heteroatoms. The summed E-state index contributed by atoms with van der Waals surface area (Å²) < 4.78 is 0. The highest BCUT2D eigenvalue weighted by Gasteiger charge is 2.26. The number of rotatable bonds is 5. The predicted molar refractivity (Wildman–Crippen MR) is 116 cm³/mol. The number of aromatic amines is 1. The average Bonchev–Trinajstić information content (AvgIpc) is 3.08. The molecule has 1 aromatic carbocycles. The van der Waals surface area contributed by atoms with Crippen LogP contribution in [0.2, 0.25) is 0 Å². The summed E-state index contributed by atoms with van der Waals surface area (Å²) in [4.78, 5) is 29.5. The number of pyridine rings is 1. The van der Waals surface area contributed by atoms with Crippen LogP contribution in [-0.2, 0) is 0 Å². The molecular weight excluding hydrogens is 384 g/mol. The zero-order valence-electron chi connectivity index (χ0n) is 17.4. The van der Waals surface area contributed by atoms with Gasteiger partial charge in [-0.3, -0.25) is 15.3 Å². The molecule has 0 aliphatic rings. The molecule has 0 saturated heterocycles. The van der Waals surface area contributed by atoms with Gasteiger partial charge in [-0.2, -0.15) is 5.10 Å². The van der Waals surface area contributed by atoms with Gasteiger partial charge in [-0.25, -0.2) is 14.6 Å². The lowest BCUT2D eigenvalue weighted by atomic mass is 9.96. The Bertz CT molecular complexity index is 1040. The SMILES string of the molecule is C[C@@H](NC(=O)Nc1cc2[nH]nc(N(CC(C)(C)C)C(=O)O)c2cn1)c1ccccc1. The van der Waals surface area contributed by atoms with Gasteiger partial charge in [-0.15, -0.1) is 0 Å². The molecule has 0 saturated carbocycles. The summed E-state index contributed by atoms with van der Waals surface area (Å²) in [5, 5.41) is 22.7. The fraction of sp³-hybridized carbons (Fsp3) is 0.333. The molecule has 2 aromatic heterocycles. The fourth-order valence-corrected chi connectivity index (χ4v) is 3.06. The Morgan fingerprint density at radius 2 is 1.93 bits per heavy atom. The van der Waals surface area contributed by atoms with Crippen molar-refractivity contribution in [1.82, 2.24) is 20.5 Å². The van der Waals surface area contributed by atoms with Crippen LogP contribution in [-0.4, -0.2) is 39.0 Å². The number of amides is 3. The van der Waals surface area contributed by atoms with E-state index in [-0.39, 0.29) is 23.8 Å². The minimum Gasteiger partial charge on any atom is -0.465 e. The van der Waals surface area contributed by atoms with Crippen LogP contribution in [0.1, 0.15) is 39.3 Å². The normalized spacial score (nSPS) is 12.4. The topological polar surface area (TPSA) is 123 Å². The second-order valence-electron chi connectivity index (χ2n) is 8.32. The molecule has 0 bridgehead atoms. The Kier molecular flexibility index (Phi) is 5.91. The monoisotopic (exact) mass is 410 g/mol. The van der Waals surface area contributed by atoms with Crippen molar-refractivity contribution in [3.8, 4) is 0 Å². The van der Waals surface area contributed by atoms with Crippen LogP contribution in [0.4, 0.5) is 21.2 Å². The van der Waals surface area contributed by atoms with Gasteiger partial charge in [-0.1, -0.05) is 51.1 Å². The number of aromatic nitrogens is 3. The molecule has 158 valence electrons. The van der Waals surface area contributed by atoms with Gasteiger partial charge in [0, 0.05) is 18.8 Å². The summed E-state index contributed by atoms with van der Waals surface area (Å²) in [6.45, 7) is 8.03. The molecule has 3 rings (SSSR count). The third-order valence-corrected chi connectivity index (χ3v) is 4.43. The number of anilines is 2. The Hall–Kier alpha value is -3.62. The number of carboxylic acid groups (broad SMARTS) is 1. The molecule has 0 spiro atoms. The molecule has 0 unspecified atom stereocenters. The number of benzene rings is 1. The van der Waals surface area contributed by atoms with Crippen LogP contribution < -0.4 is 15.5 Å². The Balaban J connectivity index is 1.75. The van der Waals surface area contributed by atoms with Crippen molar-refractivity contribution in [1.29, 1.82) is 0 Å². The molecule has 30 heavy (non-hydrogen) atoms. The maximum atomic E-state index is 12.3. The van der Waals surface area contributed by atoms with E-state index in [1.54, 1.807) is 6.07 Å². The standard InChI is InChI=1S/C21H26N6O3/c1-13(14-8-6-5-7-9-14)23-19(28)24-17-10-16-15(11-22-17)18(26-25-16)27(20(29)30)12-21(2,3)4/h5-11,13H,12H2,1-4H3,(H,25,26)(H,29,30)(H2,22,23,24,28)/t13-/m1/s1. The molecule has 3 aromatic rings. The largest absolute Gasteiger partial charge is 0.465 e. The molecular formula is C21H26N6O3. The molecule has 9 nitrogen and oxygen atoms in total. The number of hydrogen-bond acceptors (Lipinski definition) is 4. The lowest BCUT2D eigenvalue weighted by Gasteiger charge is -2.26. The van der Waals surface area contributed by atoms with E-state index in [0.717, 1.165) is 5.56 Å². The maximum Gasteiger partial charge on any atom is 0.413 e. The molecule has 4 N–H and O–H groups in total. The lowest BCUT2D eigenvalue weighted by molar-refractivity contribution is 0.198. The van der Waals surface area contributed by atoms with E-state index in [9.17, 15) is 14.7 Å². The van der Waals surface area contributed by atoms with Gasteiger partial charge >= 0.3 is 12.1 Å². The first-order chi connectivity index (χ1) is 14.1. The van der Waals surface area contributed by atoms with Crippen molar-refractivity contribution in [2.45, 2.75) is 33.7 Å². The summed E-state index contributed by atoms with van der Waals surface area (Å²) in [6.07, 6.45) is 0.415. The summed E-state index contributed by atoms with van der Waals surface area (Å²) in [5.74, 6) is 0.613. The van der Waals surface area contributed by atoms with Crippen molar-refractivity contribution in [2.24, 2.45) is 5.41 Å². The number of carbonyl (C=O) groups excluding carboxylic acids is 1. The molecule has 0 fully saturated rings. The number of urea groups is 1. The first kappa shape index (κ1) is 21.1. The van der Waals surface area contributed by atoms with Crippen LogP contribution in [0.3, 0.4) is 0 Å². The van der Waals surface area contributed by atoms with Crippen molar-refractivity contribution < 1.29 is 14.7 Å². The second-order valence-corrected chi connectivity index (χ2v) is 8.32. The van der Waals surface area contributed by atoms with Gasteiger partial charge < -0.3 is 10.4 Å². The third kappa shape index (κ3) is 5.05. The highest BCUT2D eigenvalue weighted by molar-refractivity contribution is 5.99. The highest BCUT2D eigenvalue weighted by atomic mass is 16.4. The van der Waals surface area contributed by atoms with Gasteiger partial charge in [0.25, 0.3) is 0 Å². The first-order valence-corrected chi connectivity index (χ1v) is 9.61. The Morgan fingerprint density at radius 3 is 2.57 bits per heavy atom. The molecule has 0 aliphatic heterocycles. The highest BCUT2D eigenvalue weighted by Crippen LogP contribution is 2.28. The van der Waals surface area contributed by atoms with Crippen LogP contribution in [0.15, 0.2) is 42.6 Å². The lowest BCUT2D eigenvalue weighted by Crippen LogP contribution is -2.37. The van der Waals surface area contributed by atoms with Gasteiger partial charge in [0.15, 0.2) is 5.82 Å². The van der Waals surface area contributed by atoms with Gasteiger partial charge in [0.2, 0.25) is 0 Å². The van der Waals surface area contributed by atoms with Crippen molar-refractivity contribution in [3.63, 3.8) is 0 Å². The van der Waals surface area contributed by atoms with Crippen LogP contribution in [0, 0.1) is 5.41 Å². The van der Waals surface area contributed by atoms with Gasteiger partial charge in [-0.05, 0) is 17.9 Å². The number of H-pyrrole nitrogens is 1. The van der Waals surface area contributed by atoms with Gasteiger partial charge in [0.1, 0.15) is 5.82 Å². The second kappa shape index (κ2) is 8.40. The molecule has 2 heterocycles. The number of hydrogen-bond donors (Lipinski definition) is 4. The van der Waals surface area contributed by atoms with E-state index < -0.39 is 12.1 Å². The van der Waals surface area contributed by atoms with Gasteiger partial charge in [0.05, 0.1) is 16.9 Å². The zero-order valence-corrected chi connectivity index (χ0v) is 17.4. The Labute approximate surface area is 174 Å². The van der Waals surface area contributed by atoms with E-state index in [1.807, 2.05) is 58.0 Å². The number of nitrogens with one attached hydrogen (secondary N) is 3. The van der Waals surface area contributed by atoms with E-state index in [0.29, 0.717) is 16.7 Å².